The van der Waals surface area contributed by atoms with Gasteiger partial charge in [0.25, 0.3) is 5.91 Å². The van der Waals surface area contributed by atoms with E-state index in [0.29, 0.717) is 17.7 Å². The summed E-state index contributed by atoms with van der Waals surface area (Å²) in [7, 11) is 0. The normalized spacial score (nSPS) is 18.1. The minimum absolute atomic E-state index is 0.00450. The van der Waals surface area contributed by atoms with Gasteiger partial charge in [0.2, 0.25) is 5.91 Å². The van der Waals surface area contributed by atoms with E-state index in [-0.39, 0.29) is 23.5 Å². The number of nitrogens with zero attached hydrogens (tertiary/aromatic N) is 1. The first-order valence-electron chi connectivity index (χ1n) is 13.0. The van der Waals surface area contributed by atoms with Gasteiger partial charge in [-0.1, -0.05) is 55.5 Å². The van der Waals surface area contributed by atoms with Crippen molar-refractivity contribution in [3.8, 4) is 5.75 Å². The highest BCUT2D eigenvalue weighted by atomic mass is 32.1. The van der Waals surface area contributed by atoms with E-state index in [4.69, 9.17) is 4.74 Å². The van der Waals surface area contributed by atoms with Gasteiger partial charge < -0.3 is 25.4 Å². The molecule has 4 rings (SSSR count). The molecular weight excluding hydrogens is 514 g/mol. The molecular formula is C30H35N3O5S. The van der Waals surface area contributed by atoms with Crippen molar-refractivity contribution in [1.29, 1.82) is 0 Å². The summed E-state index contributed by atoms with van der Waals surface area (Å²) in [5, 5.41) is 18.3. The lowest BCUT2D eigenvalue weighted by Crippen LogP contribution is -2.54. The van der Waals surface area contributed by atoms with E-state index in [2.05, 4.69) is 23.3 Å². The Labute approximate surface area is 234 Å². The maximum Gasteiger partial charge on any atom is 0.408 e. The highest BCUT2D eigenvalue weighted by Gasteiger charge is 2.48. The van der Waals surface area contributed by atoms with E-state index in [1.165, 1.54) is 11.0 Å². The van der Waals surface area contributed by atoms with Crippen LogP contribution in [-0.2, 0) is 14.3 Å². The van der Waals surface area contributed by atoms with Gasteiger partial charge in [0.15, 0.2) is 0 Å². The van der Waals surface area contributed by atoms with Crippen molar-refractivity contribution in [2.75, 3.05) is 11.1 Å². The van der Waals surface area contributed by atoms with Gasteiger partial charge in [0, 0.05) is 23.0 Å². The fourth-order valence-corrected chi connectivity index (χ4v) is 4.85. The predicted octanol–water partition coefficient (Wildman–Crippen LogP) is 5.29. The quantitative estimate of drug-likeness (QED) is 0.286. The van der Waals surface area contributed by atoms with E-state index in [1.54, 1.807) is 45.0 Å². The van der Waals surface area contributed by atoms with E-state index < -0.39 is 35.6 Å². The number of aromatic hydroxyl groups is 1. The van der Waals surface area contributed by atoms with Crippen LogP contribution in [0.1, 0.15) is 45.7 Å². The number of hydrogen-bond donors (Lipinski definition) is 4. The molecule has 0 spiro atoms. The van der Waals surface area contributed by atoms with E-state index in [9.17, 15) is 19.5 Å². The van der Waals surface area contributed by atoms with Crippen LogP contribution in [0.5, 0.6) is 5.75 Å². The number of carbonyl (C=O) groups is 3. The molecule has 0 bridgehead atoms. The summed E-state index contributed by atoms with van der Waals surface area (Å²) in [4.78, 5) is 42.0. The average molecular weight is 550 g/mol. The topological polar surface area (TPSA) is 108 Å². The van der Waals surface area contributed by atoms with Crippen molar-refractivity contribution in [3.63, 3.8) is 0 Å². The number of benzene rings is 3. The first kappa shape index (κ1) is 28.3. The van der Waals surface area contributed by atoms with E-state index >= 15 is 0 Å². The minimum Gasteiger partial charge on any atom is -0.508 e. The molecule has 4 atom stereocenters. The number of anilines is 1. The number of para-hydroxylation sites is 1. The molecule has 0 radical (unpaired) electrons. The van der Waals surface area contributed by atoms with Crippen LogP contribution < -0.4 is 10.6 Å². The predicted molar refractivity (Wildman–Crippen MR) is 155 cm³/mol. The van der Waals surface area contributed by atoms with Gasteiger partial charge in [-0.05, 0) is 62.1 Å². The third kappa shape index (κ3) is 6.84. The maximum absolute atomic E-state index is 14.0. The van der Waals surface area contributed by atoms with Crippen molar-refractivity contribution in [3.05, 3.63) is 72.3 Å². The number of thiol groups is 1. The minimum atomic E-state index is -1.15. The van der Waals surface area contributed by atoms with Crippen LogP contribution in [0.25, 0.3) is 10.8 Å². The van der Waals surface area contributed by atoms with Gasteiger partial charge in [0.05, 0.1) is 0 Å². The lowest BCUT2D eigenvalue weighted by Gasteiger charge is -2.35. The average Bonchev–Trinajstić information content (AvgIpc) is 3.60. The Bertz CT molecular complexity index is 1370. The summed E-state index contributed by atoms with van der Waals surface area (Å²) in [6, 6.07) is 17.4. The first-order chi connectivity index (χ1) is 18.5. The Morgan fingerprint density at radius 2 is 1.69 bits per heavy atom. The number of hydrogen-bond acceptors (Lipinski definition) is 6. The smallest absolute Gasteiger partial charge is 0.408 e. The second-order valence-corrected chi connectivity index (χ2v) is 11.3. The standard InChI is InChI=1S/C30H35N3O5S/c1-18-15-24(18)33(28(36)23(17-39)32-29(37)38-30(2,3)4)26(22-11-7-8-12-25(22)34)27(35)31-21-14-13-19-9-5-6-10-20(19)16-21/h5-14,16,18,23-24,26,34,39H,15,17H2,1-4H3,(H,31,35)(H,32,37). The molecule has 39 heavy (non-hydrogen) atoms. The van der Waals surface area contributed by atoms with Crippen LogP contribution in [0, 0.1) is 5.92 Å². The summed E-state index contributed by atoms with van der Waals surface area (Å²) in [5.41, 5.74) is 0.100. The fraction of sp³-hybridized carbons (Fsp3) is 0.367. The number of carbonyl (C=O) groups excluding carboxylic acids is 3. The Morgan fingerprint density at radius 1 is 1.05 bits per heavy atom. The molecule has 0 aromatic heterocycles. The molecule has 206 valence electrons. The second kappa shape index (κ2) is 11.6. The van der Waals surface area contributed by atoms with Crippen molar-refractivity contribution in [2.24, 2.45) is 5.92 Å². The summed E-state index contributed by atoms with van der Waals surface area (Å²) in [5.74, 6) is -0.931. The summed E-state index contributed by atoms with van der Waals surface area (Å²) in [6.45, 7) is 7.18. The van der Waals surface area contributed by atoms with Crippen molar-refractivity contribution in [1.82, 2.24) is 10.2 Å². The molecule has 3 aromatic carbocycles. The monoisotopic (exact) mass is 549 g/mol. The molecule has 3 amide bonds. The molecule has 4 unspecified atom stereocenters. The molecule has 3 aromatic rings. The number of amides is 3. The zero-order valence-electron chi connectivity index (χ0n) is 22.5. The first-order valence-corrected chi connectivity index (χ1v) is 13.6. The van der Waals surface area contributed by atoms with Crippen LogP contribution in [0.2, 0.25) is 0 Å². The molecule has 0 saturated heterocycles. The van der Waals surface area contributed by atoms with Gasteiger partial charge in [-0.3, -0.25) is 9.59 Å². The zero-order chi connectivity index (χ0) is 28.3. The lowest BCUT2D eigenvalue weighted by molar-refractivity contribution is -0.141. The van der Waals surface area contributed by atoms with Crippen molar-refractivity contribution in [2.45, 2.75) is 57.8 Å². The second-order valence-electron chi connectivity index (χ2n) is 10.9. The third-order valence-electron chi connectivity index (χ3n) is 6.63. The van der Waals surface area contributed by atoms with Crippen LogP contribution in [-0.4, -0.2) is 51.4 Å². The summed E-state index contributed by atoms with van der Waals surface area (Å²) < 4.78 is 5.35. The van der Waals surface area contributed by atoms with Crippen LogP contribution in [0.3, 0.4) is 0 Å². The van der Waals surface area contributed by atoms with Gasteiger partial charge in [0.1, 0.15) is 23.4 Å². The largest absolute Gasteiger partial charge is 0.508 e. The summed E-state index contributed by atoms with van der Waals surface area (Å²) >= 11 is 4.32. The molecule has 0 aliphatic heterocycles. The van der Waals surface area contributed by atoms with Crippen LogP contribution >= 0.6 is 12.6 Å². The number of rotatable bonds is 8. The highest BCUT2D eigenvalue weighted by molar-refractivity contribution is 7.80. The SMILES string of the molecule is CC1CC1N(C(=O)C(CS)NC(=O)OC(C)(C)C)C(C(=O)Nc1ccc2ccccc2c1)c1ccccc1O. The van der Waals surface area contributed by atoms with Crippen LogP contribution in [0.4, 0.5) is 10.5 Å². The van der Waals surface area contributed by atoms with Gasteiger partial charge >= 0.3 is 6.09 Å². The molecule has 3 N–H and O–H groups in total. The van der Waals surface area contributed by atoms with E-state index in [1.807, 2.05) is 43.3 Å². The molecule has 8 nitrogen and oxygen atoms in total. The Hall–Kier alpha value is -3.72. The molecule has 9 heteroatoms. The van der Waals surface area contributed by atoms with Gasteiger partial charge in [-0.25, -0.2) is 4.79 Å². The highest BCUT2D eigenvalue weighted by Crippen LogP contribution is 2.42. The third-order valence-corrected chi connectivity index (χ3v) is 6.99. The van der Waals surface area contributed by atoms with Crippen molar-refractivity contribution >= 4 is 47.0 Å². The molecule has 1 aliphatic rings. The Morgan fingerprint density at radius 3 is 2.31 bits per heavy atom. The number of phenols is 1. The molecule has 1 saturated carbocycles. The number of ether oxygens (including phenoxy) is 1. The number of phenolic OH excluding ortho intramolecular Hbond substituents is 1. The van der Waals surface area contributed by atoms with Crippen molar-refractivity contribution < 1.29 is 24.2 Å². The number of fused-ring (bicyclic) bond motifs is 1. The number of nitrogens with one attached hydrogen (secondary N) is 2. The van der Waals surface area contributed by atoms with E-state index in [0.717, 1.165) is 10.8 Å². The fourth-order valence-electron chi connectivity index (χ4n) is 4.60. The van der Waals surface area contributed by atoms with Crippen LogP contribution in [0.15, 0.2) is 66.7 Å². The molecule has 1 fully saturated rings. The Balaban J connectivity index is 1.69. The molecule has 0 heterocycles. The Kier molecular flexibility index (Phi) is 8.39. The van der Waals surface area contributed by atoms with Gasteiger partial charge in [-0.15, -0.1) is 0 Å². The lowest BCUT2D eigenvalue weighted by atomic mass is 10.0. The number of alkyl carbamates (subject to hydrolysis) is 1. The summed E-state index contributed by atoms with van der Waals surface area (Å²) in [6.07, 6.45) is -0.0661. The van der Waals surface area contributed by atoms with Gasteiger partial charge in [-0.2, -0.15) is 12.6 Å². The maximum atomic E-state index is 14.0. The zero-order valence-corrected chi connectivity index (χ0v) is 23.4. The molecule has 1 aliphatic carbocycles.